The van der Waals surface area contributed by atoms with E-state index in [0.29, 0.717) is 6.54 Å². The summed E-state index contributed by atoms with van der Waals surface area (Å²) in [4.78, 5) is 10.7. The van der Waals surface area contributed by atoms with Crippen LogP contribution in [0.25, 0.3) is 0 Å². The highest BCUT2D eigenvalue weighted by atomic mass is 16.1. The van der Waals surface area contributed by atoms with Crippen molar-refractivity contribution in [1.29, 1.82) is 0 Å². The van der Waals surface area contributed by atoms with E-state index in [9.17, 15) is 4.79 Å². The van der Waals surface area contributed by atoms with Crippen molar-refractivity contribution in [2.45, 2.75) is 19.9 Å². The van der Waals surface area contributed by atoms with Gasteiger partial charge in [-0.25, -0.2) is 5.10 Å². The molecule has 0 aromatic carbocycles. The second-order valence-corrected chi connectivity index (χ2v) is 2.88. The maximum atomic E-state index is 10.7. The molecule has 0 saturated heterocycles. The van der Waals surface area contributed by atoms with Crippen LogP contribution in [0.2, 0.25) is 0 Å². The molecule has 0 spiro atoms. The van der Waals surface area contributed by atoms with Crippen LogP contribution in [0.4, 0.5) is 0 Å². The van der Waals surface area contributed by atoms with Crippen LogP contribution in [-0.2, 0) is 0 Å². The molecule has 0 aliphatic carbocycles. The highest BCUT2D eigenvalue weighted by Gasteiger charge is 2.04. The van der Waals surface area contributed by atoms with Gasteiger partial charge >= 0.3 is 0 Å². The van der Waals surface area contributed by atoms with Gasteiger partial charge in [0.05, 0.1) is 12.2 Å². The number of rotatable bonds is 3. The summed E-state index contributed by atoms with van der Waals surface area (Å²) in [5.74, 6) is 5.69. The molecule has 0 fully saturated rings. The standard InChI is InChI=1S/C10H13N3O/c1-3-4-7-11-8(2)9-5-6-10(14)13-12-9/h5-6,8,11H,7H2,1-2H3,(H,13,14). The predicted octanol–water partition coefficient (Wildman–Crippen LogP) is 0.444. The molecule has 4 nitrogen and oxygen atoms in total. The average molecular weight is 191 g/mol. The molecule has 14 heavy (non-hydrogen) atoms. The molecule has 1 aromatic heterocycles. The third-order valence-electron chi connectivity index (χ3n) is 1.82. The Balaban J connectivity index is 2.59. The summed E-state index contributed by atoms with van der Waals surface area (Å²) in [5, 5.41) is 9.46. The van der Waals surface area contributed by atoms with Gasteiger partial charge in [0.15, 0.2) is 0 Å². The SMILES string of the molecule is CC#CCNC(C)c1ccc(=O)[nH]n1. The molecule has 1 rings (SSSR count). The summed E-state index contributed by atoms with van der Waals surface area (Å²) >= 11 is 0. The number of hydrogen-bond acceptors (Lipinski definition) is 3. The van der Waals surface area contributed by atoms with Crippen molar-refractivity contribution in [1.82, 2.24) is 15.5 Å². The number of hydrogen-bond donors (Lipinski definition) is 2. The molecule has 1 heterocycles. The Labute approximate surface area is 82.7 Å². The molecule has 74 valence electrons. The summed E-state index contributed by atoms with van der Waals surface area (Å²) in [6, 6.07) is 3.26. The Bertz CT molecular complexity index is 379. The van der Waals surface area contributed by atoms with E-state index in [1.165, 1.54) is 6.07 Å². The van der Waals surface area contributed by atoms with E-state index < -0.39 is 0 Å². The molecule has 1 aromatic rings. The lowest BCUT2D eigenvalue weighted by molar-refractivity contribution is 0.595. The number of nitrogens with zero attached hydrogens (tertiary/aromatic N) is 1. The van der Waals surface area contributed by atoms with Crippen molar-refractivity contribution in [2.75, 3.05) is 6.54 Å². The van der Waals surface area contributed by atoms with Crippen LogP contribution in [0.15, 0.2) is 16.9 Å². The van der Waals surface area contributed by atoms with Gasteiger partial charge in [-0.05, 0) is 19.9 Å². The van der Waals surface area contributed by atoms with Gasteiger partial charge in [-0.15, -0.1) is 5.92 Å². The lowest BCUT2D eigenvalue weighted by atomic mass is 10.2. The van der Waals surface area contributed by atoms with Crippen molar-refractivity contribution < 1.29 is 0 Å². The molecular weight excluding hydrogens is 178 g/mol. The number of aromatic amines is 1. The van der Waals surface area contributed by atoms with Crippen LogP contribution >= 0.6 is 0 Å². The van der Waals surface area contributed by atoms with E-state index in [0.717, 1.165) is 5.69 Å². The first-order valence-electron chi connectivity index (χ1n) is 4.42. The lowest BCUT2D eigenvalue weighted by Crippen LogP contribution is -2.21. The van der Waals surface area contributed by atoms with Gasteiger partial charge in [0, 0.05) is 12.1 Å². The Morgan fingerprint density at radius 3 is 3.00 bits per heavy atom. The van der Waals surface area contributed by atoms with E-state index in [4.69, 9.17) is 0 Å². The molecule has 0 radical (unpaired) electrons. The molecule has 0 saturated carbocycles. The van der Waals surface area contributed by atoms with Gasteiger partial charge < -0.3 is 0 Å². The minimum absolute atomic E-state index is 0.0905. The minimum Gasteiger partial charge on any atom is -0.298 e. The zero-order valence-electron chi connectivity index (χ0n) is 8.29. The summed E-state index contributed by atoms with van der Waals surface area (Å²) in [6.07, 6.45) is 0. The minimum atomic E-state index is -0.186. The molecular formula is C10H13N3O. The van der Waals surface area contributed by atoms with Crippen molar-refractivity contribution in [3.05, 3.63) is 28.2 Å². The number of nitrogens with one attached hydrogen (secondary N) is 2. The lowest BCUT2D eigenvalue weighted by Gasteiger charge is -2.09. The van der Waals surface area contributed by atoms with Crippen LogP contribution in [0, 0.1) is 11.8 Å². The molecule has 0 aliphatic heterocycles. The van der Waals surface area contributed by atoms with Gasteiger partial charge in [-0.2, -0.15) is 5.10 Å². The van der Waals surface area contributed by atoms with E-state index >= 15 is 0 Å². The van der Waals surface area contributed by atoms with Gasteiger partial charge in [0.25, 0.3) is 5.56 Å². The van der Waals surface area contributed by atoms with Gasteiger partial charge in [0.1, 0.15) is 0 Å². The monoisotopic (exact) mass is 191 g/mol. The van der Waals surface area contributed by atoms with Crippen molar-refractivity contribution in [3.63, 3.8) is 0 Å². The first-order chi connectivity index (χ1) is 6.74. The van der Waals surface area contributed by atoms with Crippen molar-refractivity contribution in [2.24, 2.45) is 0 Å². The van der Waals surface area contributed by atoms with Crippen LogP contribution in [0.3, 0.4) is 0 Å². The summed E-state index contributed by atoms with van der Waals surface area (Å²) < 4.78 is 0. The Morgan fingerprint density at radius 1 is 1.64 bits per heavy atom. The molecule has 2 N–H and O–H groups in total. The average Bonchev–Trinajstić information content (AvgIpc) is 2.19. The second-order valence-electron chi connectivity index (χ2n) is 2.88. The highest BCUT2D eigenvalue weighted by Crippen LogP contribution is 2.04. The van der Waals surface area contributed by atoms with Crippen molar-refractivity contribution >= 4 is 0 Å². The molecule has 0 amide bonds. The Morgan fingerprint density at radius 2 is 2.43 bits per heavy atom. The first kappa shape index (κ1) is 10.5. The quantitative estimate of drug-likeness (QED) is 0.682. The zero-order valence-corrected chi connectivity index (χ0v) is 8.29. The first-order valence-corrected chi connectivity index (χ1v) is 4.42. The van der Waals surface area contributed by atoms with Crippen LogP contribution < -0.4 is 10.9 Å². The maximum Gasteiger partial charge on any atom is 0.264 e. The van der Waals surface area contributed by atoms with Crippen LogP contribution in [0.1, 0.15) is 25.6 Å². The predicted molar refractivity (Wildman–Crippen MR) is 54.7 cm³/mol. The Kier molecular flexibility index (Phi) is 3.89. The van der Waals surface area contributed by atoms with E-state index in [2.05, 4.69) is 27.4 Å². The molecule has 0 bridgehead atoms. The fraction of sp³-hybridized carbons (Fsp3) is 0.400. The second kappa shape index (κ2) is 5.20. The van der Waals surface area contributed by atoms with Gasteiger partial charge in [-0.3, -0.25) is 10.1 Å². The van der Waals surface area contributed by atoms with Gasteiger partial charge in [0.2, 0.25) is 0 Å². The molecule has 1 unspecified atom stereocenters. The molecule has 0 aliphatic rings. The summed E-state index contributed by atoms with van der Waals surface area (Å²) in [7, 11) is 0. The number of H-pyrrole nitrogens is 1. The zero-order chi connectivity index (χ0) is 10.4. The van der Waals surface area contributed by atoms with Crippen molar-refractivity contribution in [3.8, 4) is 11.8 Å². The van der Waals surface area contributed by atoms with E-state index in [1.54, 1.807) is 13.0 Å². The topological polar surface area (TPSA) is 57.8 Å². The maximum absolute atomic E-state index is 10.7. The number of aromatic nitrogens is 2. The third-order valence-corrected chi connectivity index (χ3v) is 1.82. The fourth-order valence-electron chi connectivity index (χ4n) is 0.993. The normalized spacial score (nSPS) is 11.6. The smallest absolute Gasteiger partial charge is 0.264 e. The molecule has 4 heteroatoms. The van der Waals surface area contributed by atoms with Gasteiger partial charge in [-0.1, -0.05) is 5.92 Å². The Hall–Kier alpha value is -1.60. The summed E-state index contributed by atoms with van der Waals surface area (Å²) in [6.45, 7) is 4.39. The fourth-order valence-corrected chi connectivity index (χ4v) is 0.993. The summed E-state index contributed by atoms with van der Waals surface area (Å²) in [5.41, 5.74) is 0.622. The largest absolute Gasteiger partial charge is 0.298 e. The van der Waals surface area contributed by atoms with Crippen LogP contribution in [0.5, 0.6) is 0 Å². The molecule has 1 atom stereocenters. The van der Waals surface area contributed by atoms with E-state index in [1.807, 2.05) is 6.92 Å². The van der Waals surface area contributed by atoms with Crippen LogP contribution in [-0.4, -0.2) is 16.7 Å². The third kappa shape index (κ3) is 3.04. The highest BCUT2D eigenvalue weighted by molar-refractivity contribution is 5.06. The van der Waals surface area contributed by atoms with E-state index in [-0.39, 0.29) is 11.6 Å².